The molecule has 0 bridgehead atoms. The van der Waals surface area contributed by atoms with Gasteiger partial charge in [-0.1, -0.05) is 35.3 Å². The van der Waals surface area contributed by atoms with E-state index in [0.29, 0.717) is 40.1 Å². The van der Waals surface area contributed by atoms with Crippen LogP contribution in [0.4, 0.5) is 5.82 Å². The molecule has 1 aliphatic heterocycles. The van der Waals surface area contributed by atoms with E-state index in [1.807, 2.05) is 53.1 Å². The number of carbonyl (C=O) groups excluding carboxylic acids is 1. The number of nitrogens with one attached hydrogen (secondary N) is 1. The van der Waals surface area contributed by atoms with Gasteiger partial charge in [-0.25, -0.2) is 15.0 Å². The third-order valence-corrected chi connectivity index (χ3v) is 6.90. The average Bonchev–Trinajstić information content (AvgIpc) is 3.28. The van der Waals surface area contributed by atoms with E-state index < -0.39 is 0 Å². The second-order valence-corrected chi connectivity index (χ2v) is 9.51. The Balaban J connectivity index is 1.50. The number of nitrogens with zero attached hydrogens (tertiary/aromatic N) is 5. The van der Waals surface area contributed by atoms with Gasteiger partial charge in [-0.3, -0.25) is 9.36 Å². The summed E-state index contributed by atoms with van der Waals surface area (Å²) in [6.07, 6.45) is 3.58. The molecule has 2 aromatic carbocycles. The van der Waals surface area contributed by atoms with Crippen LogP contribution in [0.5, 0.6) is 0 Å². The Labute approximate surface area is 219 Å². The fourth-order valence-electron chi connectivity index (χ4n) is 4.50. The summed E-state index contributed by atoms with van der Waals surface area (Å²) in [4.78, 5) is 28.5. The van der Waals surface area contributed by atoms with Gasteiger partial charge in [-0.05, 0) is 49.2 Å². The molecule has 0 saturated carbocycles. The molecule has 0 spiro atoms. The van der Waals surface area contributed by atoms with Crippen LogP contribution in [0.3, 0.4) is 0 Å². The van der Waals surface area contributed by atoms with E-state index in [-0.39, 0.29) is 11.9 Å². The van der Waals surface area contributed by atoms with Crippen LogP contribution in [0.2, 0.25) is 10.0 Å². The van der Waals surface area contributed by atoms with Crippen LogP contribution >= 0.6 is 23.2 Å². The SMILES string of the molecule is COCCC(=O)NC1CCN(c2ncnc3c2nc(-c2ccccc2Cl)n3-c2ccc(Cl)cc2)CC1. The fourth-order valence-corrected chi connectivity index (χ4v) is 4.85. The number of fused-ring (bicyclic) bond motifs is 1. The van der Waals surface area contributed by atoms with Crippen molar-refractivity contribution in [3.8, 4) is 17.1 Å². The lowest BCUT2D eigenvalue weighted by molar-refractivity contribution is -0.122. The quantitative estimate of drug-likeness (QED) is 0.369. The van der Waals surface area contributed by atoms with Crippen LogP contribution in [0.1, 0.15) is 19.3 Å². The summed E-state index contributed by atoms with van der Waals surface area (Å²) < 4.78 is 6.99. The molecule has 10 heteroatoms. The molecule has 1 amide bonds. The first kappa shape index (κ1) is 24.5. The second-order valence-electron chi connectivity index (χ2n) is 8.67. The van der Waals surface area contributed by atoms with Gasteiger partial charge in [0.15, 0.2) is 17.0 Å². The number of rotatable bonds is 7. The Morgan fingerprint density at radius 1 is 1.08 bits per heavy atom. The number of amides is 1. The predicted molar refractivity (Wildman–Crippen MR) is 142 cm³/mol. The van der Waals surface area contributed by atoms with E-state index in [2.05, 4.69) is 20.2 Å². The van der Waals surface area contributed by atoms with Crippen molar-refractivity contribution in [2.75, 3.05) is 31.7 Å². The lowest BCUT2D eigenvalue weighted by atomic mass is 10.0. The van der Waals surface area contributed by atoms with Crippen molar-refractivity contribution in [1.29, 1.82) is 0 Å². The lowest BCUT2D eigenvalue weighted by Crippen LogP contribution is -2.45. The van der Waals surface area contributed by atoms with Gasteiger partial charge in [0.05, 0.1) is 11.6 Å². The maximum Gasteiger partial charge on any atom is 0.222 e. The summed E-state index contributed by atoms with van der Waals surface area (Å²) in [5.74, 6) is 1.47. The number of methoxy groups -OCH3 is 1. The number of aromatic nitrogens is 4. The van der Waals surface area contributed by atoms with Gasteiger partial charge in [-0.15, -0.1) is 0 Å². The molecule has 0 aliphatic carbocycles. The maximum atomic E-state index is 12.1. The van der Waals surface area contributed by atoms with E-state index in [1.165, 1.54) is 0 Å². The Morgan fingerprint density at radius 3 is 2.56 bits per heavy atom. The summed E-state index contributed by atoms with van der Waals surface area (Å²) in [6.45, 7) is 1.92. The molecule has 0 radical (unpaired) electrons. The highest BCUT2D eigenvalue weighted by atomic mass is 35.5. The third-order valence-electron chi connectivity index (χ3n) is 6.32. The second kappa shape index (κ2) is 10.8. The molecule has 2 aromatic heterocycles. The average molecular weight is 525 g/mol. The zero-order chi connectivity index (χ0) is 25.1. The van der Waals surface area contributed by atoms with E-state index in [0.717, 1.165) is 43.0 Å². The van der Waals surface area contributed by atoms with Gasteiger partial charge in [0.2, 0.25) is 5.91 Å². The van der Waals surface area contributed by atoms with Gasteiger partial charge < -0.3 is 15.0 Å². The van der Waals surface area contributed by atoms with Crippen LogP contribution in [0, 0.1) is 0 Å². The maximum absolute atomic E-state index is 12.1. The van der Waals surface area contributed by atoms with Gasteiger partial charge >= 0.3 is 0 Å². The Morgan fingerprint density at radius 2 is 1.83 bits per heavy atom. The largest absolute Gasteiger partial charge is 0.384 e. The van der Waals surface area contributed by atoms with Gasteiger partial charge in [0.25, 0.3) is 0 Å². The molecule has 1 saturated heterocycles. The van der Waals surface area contributed by atoms with Crippen LogP contribution in [0.15, 0.2) is 54.9 Å². The van der Waals surface area contributed by atoms with Crippen molar-refractivity contribution in [1.82, 2.24) is 24.8 Å². The zero-order valence-corrected chi connectivity index (χ0v) is 21.3. The Bertz CT molecular complexity index is 1370. The highest BCUT2D eigenvalue weighted by molar-refractivity contribution is 6.33. The number of benzene rings is 2. The van der Waals surface area contributed by atoms with Crippen LogP contribution in [0.25, 0.3) is 28.2 Å². The number of carbonyl (C=O) groups is 1. The number of hydrogen-bond acceptors (Lipinski definition) is 6. The molecule has 186 valence electrons. The number of piperidine rings is 1. The predicted octanol–water partition coefficient (Wildman–Crippen LogP) is 4.91. The van der Waals surface area contributed by atoms with Crippen LogP contribution in [-0.2, 0) is 9.53 Å². The molecule has 1 N–H and O–H groups in total. The minimum Gasteiger partial charge on any atom is -0.384 e. The smallest absolute Gasteiger partial charge is 0.222 e. The summed E-state index contributed by atoms with van der Waals surface area (Å²) in [7, 11) is 1.60. The number of anilines is 1. The molecule has 0 atom stereocenters. The Hall–Kier alpha value is -3.20. The molecular weight excluding hydrogens is 499 g/mol. The number of hydrogen-bond donors (Lipinski definition) is 1. The van der Waals surface area contributed by atoms with E-state index in [9.17, 15) is 4.79 Å². The van der Waals surface area contributed by atoms with Crippen LogP contribution in [-0.4, -0.2) is 58.3 Å². The molecule has 1 fully saturated rings. The Kier molecular flexibility index (Phi) is 7.36. The van der Waals surface area contributed by atoms with E-state index >= 15 is 0 Å². The number of halogens is 2. The third kappa shape index (κ3) is 5.02. The summed E-state index contributed by atoms with van der Waals surface area (Å²) >= 11 is 12.7. The van der Waals surface area contributed by atoms with Gasteiger partial charge in [-0.2, -0.15) is 0 Å². The fraction of sp³-hybridized carbons (Fsp3) is 0.308. The molecule has 36 heavy (non-hydrogen) atoms. The molecule has 3 heterocycles. The monoisotopic (exact) mass is 524 g/mol. The van der Waals surface area contributed by atoms with Crippen molar-refractivity contribution in [3.63, 3.8) is 0 Å². The molecule has 4 aromatic rings. The molecule has 8 nitrogen and oxygen atoms in total. The lowest BCUT2D eigenvalue weighted by Gasteiger charge is -2.33. The van der Waals surface area contributed by atoms with E-state index in [4.69, 9.17) is 32.9 Å². The van der Waals surface area contributed by atoms with E-state index in [1.54, 1.807) is 13.4 Å². The normalized spacial score (nSPS) is 14.4. The van der Waals surface area contributed by atoms with Gasteiger partial charge in [0.1, 0.15) is 12.2 Å². The minimum atomic E-state index is 0.0193. The minimum absolute atomic E-state index is 0.0193. The first-order valence-electron chi connectivity index (χ1n) is 11.8. The first-order chi connectivity index (χ1) is 17.5. The number of ether oxygens (including phenoxy) is 1. The standard InChI is InChI=1S/C26H26Cl2N6O2/c1-36-15-12-22(35)31-18-10-13-33(14-11-18)25-23-26(30-16-29-25)34(19-8-6-17(27)7-9-19)24(32-23)20-4-2-3-5-21(20)28/h2-9,16,18H,10-15H2,1H3,(H,31,35). The topological polar surface area (TPSA) is 85.2 Å². The summed E-state index contributed by atoms with van der Waals surface area (Å²) in [6, 6.07) is 15.3. The molecule has 0 unspecified atom stereocenters. The van der Waals surface area contributed by atoms with Crippen LogP contribution < -0.4 is 10.2 Å². The van der Waals surface area contributed by atoms with Gasteiger partial charge in [0, 0.05) is 48.9 Å². The summed E-state index contributed by atoms with van der Waals surface area (Å²) in [5.41, 5.74) is 3.06. The first-order valence-corrected chi connectivity index (χ1v) is 12.6. The van der Waals surface area contributed by atoms with Crippen molar-refractivity contribution in [2.45, 2.75) is 25.3 Å². The molecule has 1 aliphatic rings. The number of imidazole rings is 1. The zero-order valence-electron chi connectivity index (χ0n) is 19.8. The molecular formula is C26H26Cl2N6O2. The van der Waals surface area contributed by atoms with Crippen molar-refractivity contribution in [3.05, 3.63) is 64.9 Å². The highest BCUT2D eigenvalue weighted by Gasteiger charge is 2.26. The van der Waals surface area contributed by atoms with Crippen molar-refractivity contribution in [2.24, 2.45) is 0 Å². The highest BCUT2D eigenvalue weighted by Crippen LogP contribution is 2.35. The molecule has 5 rings (SSSR count). The van der Waals surface area contributed by atoms with Crippen molar-refractivity contribution >= 4 is 46.1 Å². The van der Waals surface area contributed by atoms with Crippen molar-refractivity contribution < 1.29 is 9.53 Å². The summed E-state index contributed by atoms with van der Waals surface area (Å²) in [5, 5.41) is 4.35.